The number of anilines is 1. The summed E-state index contributed by atoms with van der Waals surface area (Å²) in [7, 11) is 0. The van der Waals surface area contributed by atoms with Crippen LogP contribution in [0.2, 0.25) is 0 Å². The molecule has 26 heavy (non-hydrogen) atoms. The van der Waals surface area contributed by atoms with Crippen LogP contribution in [-0.2, 0) is 9.59 Å². The summed E-state index contributed by atoms with van der Waals surface area (Å²) in [5.41, 5.74) is 4.56. The number of nitrogens with zero attached hydrogens (tertiary/aromatic N) is 1. The van der Waals surface area contributed by atoms with Crippen LogP contribution in [0.25, 0.3) is 0 Å². The number of amides is 2. The van der Waals surface area contributed by atoms with Crippen LogP contribution in [0.1, 0.15) is 18.9 Å². The Morgan fingerprint density at radius 1 is 1.08 bits per heavy atom. The molecule has 136 valence electrons. The molecule has 0 saturated heterocycles. The Labute approximate surface area is 166 Å². The lowest BCUT2D eigenvalue weighted by atomic mass is 10.2. The van der Waals surface area contributed by atoms with Crippen LogP contribution in [0.4, 0.5) is 5.69 Å². The van der Waals surface area contributed by atoms with E-state index in [-0.39, 0.29) is 24.8 Å². The van der Waals surface area contributed by atoms with Gasteiger partial charge in [0.15, 0.2) is 6.61 Å². The highest BCUT2D eigenvalue weighted by atomic mass is 127. The topological polar surface area (TPSA) is 79.8 Å². The second-order valence-electron chi connectivity index (χ2n) is 5.67. The van der Waals surface area contributed by atoms with Gasteiger partial charge in [0.05, 0.1) is 6.42 Å². The first-order valence-electron chi connectivity index (χ1n) is 8.00. The molecule has 2 aromatic rings. The molecule has 0 fully saturated rings. The van der Waals surface area contributed by atoms with E-state index in [0.717, 1.165) is 14.8 Å². The molecule has 0 heterocycles. The quantitative estimate of drug-likeness (QED) is 0.373. The van der Waals surface area contributed by atoms with E-state index in [2.05, 4.69) is 38.4 Å². The smallest absolute Gasteiger partial charge is 0.277 e. The fourth-order valence-corrected chi connectivity index (χ4v) is 2.42. The van der Waals surface area contributed by atoms with Crippen LogP contribution in [0.15, 0.2) is 53.6 Å². The zero-order chi connectivity index (χ0) is 18.9. The average Bonchev–Trinajstić information content (AvgIpc) is 2.61. The Kier molecular flexibility index (Phi) is 7.58. The molecule has 0 saturated carbocycles. The van der Waals surface area contributed by atoms with E-state index in [0.29, 0.717) is 11.5 Å². The standard InChI is InChI=1S/C19H20IN3O3/c1-13-5-3-4-6-17(13)26-12-19(25)23-22-14(2)11-18(24)21-16-9-7-15(20)8-10-16/h3-10H,11-12H2,1-2H3,(H,21,24)(H,23,25)/b22-14-. The Balaban J connectivity index is 1.76. The van der Waals surface area contributed by atoms with E-state index < -0.39 is 0 Å². The van der Waals surface area contributed by atoms with Crippen LogP contribution in [0.5, 0.6) is 5.75 Å². The molecule has 0 atom stereocenters. The van der Waals surface area contributed by atoms with Gasteiger partial charge in [0.1, 0.15) is 5.75 Å². The number of carbonyl (C=O) groups excluding carboxylic acids is 2. The third-order valence-corrected chi connectivity index (χ3v) is 4.09. The van der Waals surface area contributed by atoms with E-state index in [4.69, 9.17) is 4.74 Å². The number of hydrazone groups is 1. The molecule has 7 heteroatoms. The second kappa shape index (κ2) is 9.91. The Hall–Kier alpha value is -2.42. The van der Waals surface area contributed by atoms with Gasteiger partial charge in [-0.05, 0) is 72.3 Å². The predicted molar refractivity (Wildman–Crippen MR) is 110 cm³/mol. The Morgan fingerprint density at radius 3 is 2.46 bits per heavy atom. The molecule has 0 bridgehead atoms. The van der Waals surface area contributed by atoms with Gasteiger partial charge in [0.2, 0.25) is 5.91 Å². The minimum atomic E-state index is -0.384. The molecule has 0 aliphatic carbocycles. The van der Waals surface area contributed by atoms with Crippen molar-refractivity contribution in [1.29, 1.82) is 0 Å². The number of rotatable bonds is 7. The third-order valence-electron chi connectivity index (χ3n) is 3.37. The van der Waals surface area contributed by atoms with E-state index in [1.807, 2.05) is 49.4 Å². The van der Waals surface area contributed by atoms with Crippen molar-refractivity contribution >= 4 is 45.8 Å². The molecule has 0 aliphatic rings. The largest absolute Gasteiger partial charge is 0.483 e. The number of para-hydroxylation sites is 1. The van der Waals surface area contributed by atoms with Crippen molar-refractivity contribution in [3.8, 4) is 5.75 Å². The number of nitrogens with one attached hydrogen (secondary N) is 2. The fourth-order valence-electron chi connectivity index (χ4n) is 2.06. The fraction of sp³-hybridized carbons (Fsp3) is 0.211. The maximum Gasteiger partial charge on any atom is 0.277 e. The summed E-state index contributed by atoms with van der Waals surface area (Å²) in [6.45, 7) is 3.44. The zero-order valence-corrected chi connectivity index (χ0v) is 16.7. The maximum absolute atomic E-state index is 12.0. The summed E-state index contributed by atoms with van der Waals surface area (Å²) < 4.78 is 6.53. The molecule has 6 nitrogen and oxygen atoms in total. The molecule has 0 aliphatic heterocycles. The minimum absolute atomic E-state index is 0.0882. The molecule has 2 N–H and O–H groups in total. The zero-order valence-electron chi connectivity index (χ0n) is 14.6. The van der Waals surface area contributed by atoms with Gasteiger partial charge in [0.25, 0.3) is 5.91 Å². The summed E-state index contributed by atoms with van der Waals surface area (Å²) in [5, 5.41) is 6.71. The van der Waals surface area contributed by atoms with Crippen molar-refractivity contribution in [2.45, 2.75) is 20.3 Å². The van der Waals surface area contributed by atoms with E-state index >= 15 is 0 Å². The highest BCUT2D eigenvalue weighted by molar-refractivity contribution is 14.1. The van der Waals surface area contributed by atoms with Gasteiger partial charge in [-0.15, -0.1) is 0 Å². The first-order chi connectivity index (χ1) is 12.4. The van der Waals surface area contributed by atoms with Crippen LogP contribution in [0, 0.1) is 10.5 Å². The number of hydrogen-bond donors (Lipinski definition) is 2. The van der Waals surface area contributed by atoms with Gasteiger partial charge in [-0.25, -0.2) is 5.43 Å². The lowest BCUT2D eigenvalue weighted by Gasteiger charge is -2.08. The van der Waals surface area contributed by atoms with Crippen molar-refractivity contribution in [2.24, 2.45) is 5.10 Å². The summed E-state index contributed by atoms with van der Waals surface area (Å²) in [6.07, 6.45) is 0.0882. The summed E-state index contributed by atoms with van der Waals surface area (Å²) >= 11 is 2.20. The maximum atomic E-state index is 12.0. The number of benzene rings is 2. The molecule has 2 aromatic carbocycles. The number of aryl methyl sites for hydroxylation is 1. The monoisotopic (exact) mass is 465 g/mol. The van der Waals surface area contributed by atoms with Gasteiger partial charge in [-0.1, -0.05) is 18.2 Å². The van der Waals surface area contributed by atoms with Crippen LogP contribution in [0.3, 0.4) is 0 Å². The molecular weight excluding hydrogens is 445 g/mol. The first kappa shape index (κ1) is 19.9. The molecule has 0 radical (unpaired) electrons. The van der Waals surface area contributed by atoms with Crippen molar-refractivity contribution in [1.82, 2.24) is 5.43 Å². The van der Waals surface area contributed by atoms with Gasteiger partial charge >= 0.3 is 0 Å². The van der Waals surface area contributed by atoms with Crippen LogP contribution in [-0.4, -0.2) is 24.1 Å². The molecule has 0 spiro atoms. The molecule has 0 unspecified atom stereocenters. The van der Waals surface area contributed by atoms with E-state index in [1.54, 1.807) is 13.0 Å². The lowest BCUT2D eigenvalue weighted by molar-refractivity contribution is -0.123. The highest BCUT2D eigenvalue weighted by Gasteiger charge is 2.07. The number of hydrogen-bond acceptors (Lipinski definition) is 4. The molecular formula is C19H20IN3O3. The molecule has 2 rings (SSSR count). The summed E-state index contributed by atoms with van der Waals surface area (Å²) in [4.78, 5) is 23.8. The van der Waals surface area contributed by atoms with Crippen molar-refractivity contribution in [3.63, 3.8) is 0 Å². The van der Waals surface area contributed by atoms with E-state index in [1.165, 1.54) is 0 Å². The minimum Gasteiger partial charge on any atom is -0.483 e. The average molecular weight is 465 g/mol. The number of ether oxygens (including phenoxy) is 1. The Bertz CT molecular complexity index is 804. The lowest BCUT2D eigenvalue weighted by Crippen LogP contribution is -2.26. The SMILES string of the molecule is C/C(CC(=O)Nc1ccc(I)cc1)=N/NC(=O)COc1ccccc1C. The van der Waals surface area contributed by atoms with Crippen molar-refractivity contribution < 1.29 is 14.3 Å². The second-order valence-corrected chi connectivity index (χ2v) is 6.91. The van der Waals surface area contributed by atoms with Gasteiger partial charge in [-0.2, -0.15) is 5.10 Å². The van der Waals surface area contributed by atoms with E-state index in [9.17, 15) is 9.59 Å². The first-order valence-corrected chi connectivity index (χ1v) is 9.08. The normalized spacial score (nSPS) is 11.0. The summed E-state index contributed by atoms with van der Waals surface area (Å²) in [5.74, 6) is 0.0729. The van der Waals surface area contributed by atoms with Crippen LogP contribution >= 0.6 is 22.6 Å². The molecule has 2 amide bonds. The number of carbonyl (C=O) groups is 2. The van der Waals surface area contributed by atoms with Gasteiger partial charge in [-0.3, -0.25) is 9.59 Å². The van der Waals surface area contributed by atoms with Crippen LogP contribution < -0.4 is 15.5 Å². The number of halogens is 1. The molecule has 0 aromatic heterocycles. The van der Waals surface area contributed by atoms with Crippen molar-refractivity contribution in [3.05, 3.63) is 57.7 Å². The summed E-state index contributed by atoms with van der Waals surface area (Å²) in [6, 6.07) is 14.9. The Morgan fingerprint density at radius 2 is 1.77 bits per heavy atom. The van der Waals surface area contributed by atoms with Crippen molar-refractivity contribution in [2.75, 3.05) is 11.9 Å². The highest BCUT2D eigenvalue weighted by Crippen LogP contribution is 2.15. The van der Waals surface area contributed by atoms with Gasteiger partial charge < -0.3 is 10.1 Å². The van der Waals surface area contributed by atoms with Gasteiger partial charge in [0, 0.05) is 15.0 Å². The predicted octanol–water partition coefficient (Wildman–Crippen LogP) is 3.50. The third kappa shape index (κ3) is 6.83.